The second-order valence-corrected chi connectivity index (χ2v) is 8.75. The molecule has 0 aliphatic heterocycles. The first-order valence-electron chi connectivity index (χ1n) is 11.8. The molecule has 0 radical (unpaired) electrons. The maximum atomic E-state index is 14.5. The largest absolute Gasteiger partial charge is 0.487 e. The molecule has 0 heterocycles. The Morgan fingerprint density at radius 3 is 2.31 bits per heavy atom. The topological polar surface area (TPSA) is 155 Å². The predicted molar refractivity (Wildman–Crippen MR) is 145 cm³/mol. The highest BCUT2D eigenvalue weighted by Gasteiger charge is 2.35. The standard InChI is InChI=1S/C28H30F2N6O3/c29-22-9-12-25(26(30)14-22)28(38,18-36(34)19-31)17-35(33)15-23(32)16-39-24-10-7-21(8-11-24)27(37)13-6-20-4-2-1-3-5-20/h1-15,19,31,38H,16-18,32-34H2/b13-6+,23-15-,31-19?. The number of hydrogen-bond acceptors (Lipinski definition) is 8. The Hall–Kier alpha value is -4.58. The number of benzene rings is 3. The summed E-state index contributed by atoms with van der Waals surface area (Å²) in [4.78, 5) is 12.4. The van der Waals surface area contributed by atoms with Gasteiger partial charge in [0, 0.05) is 23.4 Å². The van der Waals surface area contributed by atoms with Gasteiger partial charge >= 0.3 is 0 Å². The van der Waals surface area contributed by atoms with Crippen molar-refractivity contribution < 1.29 is 23.4 Å². The van der Waals surface area contributed by atoms with E-state index in [9.17, 15) is 18.7 Å². The van der Waals surface area contributed by atoms with E-state index in [1.165, 1.54) is 12.3 Å². The zero-order chi connectivity index (χ0) is 28.4. The van der Waals surface area contributed by atoms with Crippen molar-refractivity contribution in [3.63, 3.8) is 0 Å². The predicted octanol–water partition coefficient (Wildman–Crippen LogP) is 2.89. The molecule has 0 fully saturated rings. The van der Waals surface area contributed by atoms with Crippen LogP contribution in [0.2, 0.25) is 0 Å². The maximum Gasteiger partial charge on any atom is 0.185 e. The Morgan fingerprint density at radius 2 is 1.67 bits per heavy atom. The molecule has 1 atom stereocenters. The van der Waals surface area contributed by atoms with Gasteiger partial charge in [-0.25, -0.2) is 20.5 Å². The third-order valence-electron chi connectivity index (χ3n) is 5.59. The molecule has 0 aromatic heterocycles. The summed E-state index contributed by atoms with van der Waals surface area (Å²) in [6.45, 7) is -0.893. The van der Waals surface area contributed by atoms with Gasteiger partial charge in [0.05, 0.1) is 25.1 Å². The highest BCUT2D eigenvalue weighted by Crippen LogP contribution is 2.26. The molecule has 39 heavy (non-hydrogen) atoms. The summed E-state index contributed by atoms with van der Waals surface area (Å²) in [5.74, 6) is 10.1. The lowest BCUT2D eigenvalue weighted by atomic mass is 9.92. The fraction of sp³-hybridized carbons (Fsp3) is 0.143. The van der Waals surface area contributed by atoms with Crippen LogP contribution in [-0.2, 0) is 5.60 Å². The summed E-state index contributed by atoms with van der Waals surface area (Å²) in [6.07, 6.45) is 5.25. The number of carbonyl (C=O) groups is 1. The second kappa shape index (κ2) is 13.3. The van der Waals surface area contributed by atoms with Gasteiger partial charge in [-0.1, -0.05) is 42.5 Å². The Kier molecular flexibility index (Phi) is 9.87. The number of hydrazine groups is 2. The van der Waals surface area contributed by atoms with E-state index in [0.717, 1.165) is 34.1 Å². The van der Waals surface area contributed by atoms with E-state index in [1.54, 1.807) is 30.3 Å². The summed E-state index contributed by atoms with van der Waals surface area (Å²) in [6, 6.07) is 18.7. The van der Waals surface area contributed by atoms with Crippen molar-refractivity contribution in [1.82, 2.24) is 10.0 Å². The van der Waals surface area contributed by atoms with E-state index < -0.39 is 30.3 Å². The average Bonchev–Trinajstić information content (AvgIpc) is 2.91. The number of allylic oxidation sites excluding steroid dienone is 1. The molecule has 0 saturated heterocycles. The number of hydrogen-bond donors (Lipinski definition) is 5. The lowest BCUT2D eigenvalue weighted by Crippen LogP contribution is -2.51. The highest BCUT2D eigenvalue weighted by atomic mass is 19.1. The molecule has 8 N–H and O–H groups in total. The van der Waals surface area contributed by atoms with E-state index in [-0.39, 0.29) is 23.7 Å². The lowest BCUT2D eigenvalue weighted by Gasteiger charge is -2.34. The number of ketones is 1. The summed E-state index contributed by atoms with van der Waals surface area (Å²) in [5, 5.41) is 20.3. The van der Waals surface area contributed by atoms with Gasteiger partial charge in [-0.05, 0) is 42.0 Å². The van der Waals surface area contributed by atoms with Gasteiger partial charge in [-0.2, -0.15) is 0 Å². The fourth-order valence-corrected chi connectivity index (χ4v) is 3.75. The van der Waals surface area contributed by atoms with Crippen LogP contribution in [0.4, 0.5) is 8.78 Å². The summed E-state index contributed by atoms with van der Waals surface area (Å²) < 4.78 is 33.5. The van der Waals surface area contributed by atoms with Crippen LogP contribution in [0.25, 0.3) is 6.08 Å². The van der Waals surface area contributed by atoms with Crippen LogP contribution in [0.1, 0.15) is 21.5 Å². The second-order valence-electron chi connectivity index (χ2n) is 8.75. The molecule has 3 aromatic rings. The molecule has 3 aromatic carbocycles. The number of rotatable bonds is 13. The van der Waals surface area contributed by atoms with E-state index in [2.05, 4.69) is 0 Å². The molecule has 3 rings (SSSR count). The Bertz CT molecular complexity index is 1330. The number of nitrogens with zero attached hydrogens (tertiary/aromatic N) is 2. The van der Waals surface area contributed by atoms with E-state index in [0.29, 0.717) is 17.4 Å². The molecule has 11 heteroatoms. The SMILES string of the molecule is N=CN(N)CC(O)(CN(N)/C=C(\N)COc1ccc(C(=O)/C=C/c2ccccc2)cc1)c1ccc(F)cc1F. The number of nitrogens with two attached hydrogens (primary N) is 3. The molecule has 0 aliphatic carbocycles. The molecular formula is C28H30F2N6O3. The van der Waals surface area contributed by atoms with Crippen molar-refractivity contribution in [3.05, 3.63) is 119 Å². The van der Waals surface area contributed by atoms with E-state index in [1.807, 2.05) is 30.3 Å². The van der Waals surface area contributed by atoms with Crippen LogP contribution >= 0.6 is 0 Å². The molecule has 0 amide bonds. The van der Waals surface area contributed by atoms with Crippen molar-refractivity contribution in [2.24, 2.45) is 17.4 Å². The Labute approximate surface area is 224 Å². The molecule has 0 bridgehead atoms. The number of halogens is 2. The van der Waals surface area contributed by atoms with Crippen molar-refractivity contribution >= 4 is 18.2 Å². The maximum absolute atomic E-state index is 14.5. The number of ether oxygens (including phenoxy) is 1. The van der Waals surface area contributed by atoms with Gasteiger partial charge in [0.2, 0.25) is 0 Å². The van der Waals surface area contributed by atoms with E-state index >= 15 is 0 Å². The summed E-state index contributed by atoms with van der Waals surface area (Å²) >= 11 is 0. The highest BCUT2D eigenvalue weighted by molar-refractivity contribution is 6.06. The van der Waals surface area contributed by atoms with Crippen molar-refractivity contribution in [2.75, 3.05) is 19.7 Å². The van der Waals surface area contributed by atoms with Gasteiger partial charge in [0.25, 0.3) is 0 Å². The molecule has 1 unspecified atom stereocenters. The number of nitrogens with one attached hydrogen (secondary N) is 1. The van der Waals surface area contributed by atoms with Gasteiger partial charge in [-0.3, -0.25) is 15.2 Å². The molecular weight excluding hydrogens is 506 g/mol. The first kappa shape index (κ1) is 29.0. The van der Waals surface area contributed by atoms with Crippen LogP contribution in [-0.4, -0.2) is 46.9 Å². The van der Waals surface area contributed by atoms with E-state index in [4.69, 9.17) is 27.6 Å². The van der Waals surface area contributed by atoms with Gasteiger partial charge in [0.1, 0.15) is 29.6 Å². The van der Waals surface area contributed by atoms with Gasteiger partial charge < -0.3 is 20.6 Å². The van der Waals surface area contributed by atoms with Crippen LogP contribution in [0.5, 0.6) is 5.75 Å². The molecule has 9 nitrogen and oxygen atoms in total. The van der Waals surface area contributed by atoms with Crippen LogP contribution < -0.4 is 22.2 Å². The minimum Gasteiger partial charge on any atom is -0.487 e. The Balaban J connectivity index is 1.61. The normalized spacial score (nSPS) is 13.1. The average molecular weight is 537 g/mol. The monoisotopic (exact) mass is 536 g/mol. The Morgan fingerprint density at radius 1 is 1.00 bits per heavy atom. The molecule has 204 valence electrons. The third kappa shape index (κ3) is 8.47. The fourth-order valence-electron chi connectivity index (χ4n) is 3.75. The zero-order valence-electron chi connectivity index (χ0n) is 21.0. The lowest BCUT2D eigenvalue weighted by molar-refractivity contribution is -0.00970. The van der Waals surface area contributed by atoms with Crippen LogP contribution in [0.15, 0.2) is 90.8 Å². The minimum atomic E-state index is -2.02. The zero-order valence-corrected chi connectivity index (χ0v) is 21.0. The number of aliphatic hydroxyl groups is 1. The minimum absolute atomic E-state index is 0.0816. The first-order chi connectivity index (χ1) is 18.6. The molecule has 0 aliphatic rings. The summed E-state index contributed by atoms with van der Waals surface area (Å²) in [5.41, 5.74) is 5.30. The molecule has 0 saturated carbocycles. The van der Waals surface area contributed by atoms with Crippen LogP contribution in [0, 0.1) is 17.0 Å². The van der Waals surface area contributed by atoms with Crippen LogP contribution in [0.3, 0.4) is 0 Å². The van der Waals surface area contributed by atoms with Crippen molar-refractivity contribution in [1.29, 1.82) is 5.41 Å². The number of carbonyl (C=O) groups excluding carboxylic acids is 1. The summed E-state index contributed by atoms with van der Waals surface area (Å²) in [7, 11) is 0. The quantitative estimate of drug-likeness (QED) is 0.0558. The van der Waals surface area contributed by atoms with Gasteiger partial charge in [-0.15, -0.1) is 0 Å². The van der Waals surface area contributed by atoms with Crippen molar-refractivity contribution in [3.8, 4) is 5.75 Å². The third-order valence-corrected chi connectivity index (χ3v) is 5.59. The first-order valence-corrected chi connectivity index (χ1v) is 11.8. The van der Waals surface area contributed by atoms with Crippen molar-refractivity contribution in [2.45, 2.75) is 5.60 Å². The molecule has 0 spiro atoms. The van der Waals surface area contributed by atoms with Gasteiger partial charge in [0.15, 0.2) is 5.78 Å². The smallest absolute Gasteiger partial charge is 0.185 e.